The lowest BCUT2D eigenvalue weighted by Gasteiger charge is -2.45. The number of fused-ring (bicyclic) bond motifs is 1. The van der Waals surface area contributed by atoms with Crippen LogP contribution in [0.25, 0.3) is 16.8 Å². The number of nitrogens with zero attached hydrogens (tertiary/aromatic N) is 6. The van der Waals surface area contributed by atoms with Crippen molar-refractivity contribution in [3.8, 4) is 11.3 Å². The molecule has 0 atom stereocenters. The van der Waals surface area contributed by atoms with E-state index in [9.17, 15) is 22.8 Å². The van der Waals surface area contributed by atoms with Crippen LogP contribution >= 0.6 is 0 Å². The Kier molecular flexibility index (Phi) is 4.83. The van der Waals surface area contributed by atoms with Gasteiger partial charge in [-0.05, 0) is 26.0 Å². The van der Waals surface area contributed by atoms with Crippen LogP contribution in [0.3, 0.4) is 0 Å². The molecule has 0 spiro atoms. The largest absolute Gasteiger partial charge is 0.418 e. The van der Waals surface area contributed by atoms with Gasteiger partial charge in [0.05, 0.1) is 23.1 Å². The van der Waals surface area contributed by atoms with Gasteiger partial charge in [-0.3, -0.25) is 14.6 Å². The number of carbonyl (C=O) groups excluding carboxylic acids is 2. The van der Waals surface area contributed by atoms with Crippen LogP contribution in [0.1, 0.15) is 26.3 Å². The number of halogens is 3. The van der Waals surface area contributed by atoms with Gasteiger partial charge in [-0.25, -0.2) is 9.50 Å². The minimum Gasteiger partial charge on any atom is -0.382 e. The van der Waals surface area contributed by atoms with Gasteiger partial charge in [0.1, 0.15) is 17.4 Å². The van der Waals surface area contributed by atoms with Gasteiger partial charge in [0.25, 0.3) is 5.91 Å². The van der Waals surface area contributed by atoms with Crippen molar-refractivity contribution in [2.45, 2.75) is 32.5 Å². The number of piperazine rings is 1. The number of alkyl halides is 3. The van der Waals surface area contributed by atoms with Crippen molar-refractivity contribution in [3.05, 3.63) is 36.4 Å². The van der Waals surface area contributed by atoms with Crippen LogP contribution in [0, 0.1) is 0 Å². The first-order chi connectivity index (χ1) is 14.9. The van der Waals surface area contributed by atoms with Crippen molar-refractivity contribution in [2.24, 2.45) is 0 Å². The van der Waals surface area contributed by atoms with E-state index in [0.717, 1.165) is 16.9 Å². The number of nitrogen functional groups attached to an aromatic ring is 1. The Hall–Kier alpha value is -3.70. The van der Waals surface area contributed by atoms with Crippen molar-refractivity contribution >= 4 is 28.8 Å². The smallest absolute Gasteiger partial charge is 0.382 e. The third kappa shape index (κ3) is 3.31. The van der Waals surface area contributed by atoms with Gasteiger partial charge in [0, 0.05) is 31.8 Å². The van der Waals surface area contributed by atoms with Crippen molar-refractivity contribution in [1.29, 1.82) is 0 Å². The van der Waals surface area contributed by atoms with Gasteiger partial charge < -0.3 is 15.5 Å². The normalized spacial score (nSPS) is 16.6. The number of pyridine rings is 1. The van der Waals surface area contributed by atoms with Crippen LogP contribution < -0.4 is 10.6 Å². The van der Waals surface area contributed by atoms with Crippen molar-refractivity contribution in [2.75, 3.05) is 23.7 Å². The summed E-state index contributed by atoms with van der Waals surface area (Å²) in [6, 6.07) is 2.49. The molecule has 0 saturated carbocycles. The maximum absolute atomic E-state index is 13.6. The molecule has 2 N–H and O–H groups in total. The molecule has 0 radical (unpaired) electrons. The maximum Gasteiger partial charge on any atom is 0.418 e. The second kappa shape index (κ2) is 7.18. The summed E-state index contributed by atoms with van der Waals surface area (Å²) in [5.74, 6) is -0.841. The average molecular weight is 447 g/mol. The van der Waals surface area contributed by atoms with Crippen LogP contribution in [-0.2, 0) is 15.8 Å². The molecule has 4 rings (SSSR count). The quantitative estimate of drug-likeness (QED) is 0.646. The van der Waals surface area contributed by atoms with Crippen LogP contribution in [0.2, 0.25) is 0 Å². The van der Waals surface area contributed by atoms with E-state index < -0.39 is 17.3 Å². The maximum atomic E-state index is 13.6. The molecule has 3 aromatic heterocycles. The fraction of sp³-hybridized carbons (Fsp3) is 0.350. The molecule has 0 bridgehead atoms. The van der Waals surface area contributed by atoms with Crippen LogP contribution in [0.5, 0.6) is 0 Å². The van der Waals surface area contributed by atoms with E-state index in [2.05, 4.69) is 15.1 Å². The zero-order valence-electron chi connectivity index (χ0n) is 17.5. The summed E-state index contributed by atoms with van der Waals surface area (Å²) in [7, 11) is 0. The standard InChI is InChI=1S/C20H20F3N7O2/c1-11(31)29-5-4-28(18(32)19(29,2)3)13-6-12(8-25-9-13)15-7-14(20(21,22)23)16-17(24)26-10-27-30(15)16/h6-10H,4-5H2,1-3H3,(H2,24,26,27). The molecule has 3 aromatic rings. The van der Waals surface area contributed by atoms with E-state index in [-0.39, 0.29) is 35.4 Å². The van der Waals surface area contributed by atoms with Gasteiger partial charge in [-0.15, -0.1) is 0 Å². The number of rotatable bonds is 2. The Morgan fingerprint density at radius 2 is 1.91 bits per heavy atom. The predicted octanol–water partition coefficient (Wildman–Crippen LogP) is 2.37. The van der Waals surface area contributed by atoms with Crippen molar-refractivity contribution in [3.63, 3.8) is 0 Å². The van der Waals surface area contributed by atoms with Crippen LogP contribution in [0.15, 0.2) is 30.9 Å². The Bertz CT molecular complexity index is 1240. The molecule has 168 valence electrons. The summed E-state index contributed by atoms with van der Waals surface area (Å²) >= 11 is 0. The molecular weight excluding hydrogens is 427 g/mol. The minimum absolute atomic E-state index is 0.102. The molecule has 0 unspecified atom stereocenters. The highest BCUT2D eigenvalue weighted by Gasteiger charge is 2.44. The third-order valence-corrected chi connectivity index (χ3v) is 5.59. The third-order valence-electron chi connectivity index (χ3n) is 5.59. The molecular formula is C20H20F3N7O2. The first-order valence-electron chi connectivity index (χ1n) is 9.68. The first-order valence-corrected chi connectivity index (χ1v) is 9.68. The number of nitrogens with two attached hydrogens (primary N) is 1. The molecule has 12 heteroatoms. The lowest BCUT2D eigenvalue weighted by atomic mass is 9.97. The summed E-state index contributed by atoms with van der Waals surface area (Å²) in [6.07, 6.45) is -0.775. The lowest BCUT2D eigenvalue weighted by Crippen LogP contribution is -2.64. The molecule has 2 amide bonds. The topological polar surface area (TPSA) is 110 Å². The summed E-state index contributed by atoms with van der Waals surface area (Å²) in [5.41, 5.74) is 4.12. The molecule has 1 fully saturated rings. The lowest BCUT2D eigenvalue weighted by molar-refractivity contribution is -0.145. The van der Waals surface area contributed by atoms with Crippen LogP contribution in [-0.4, -0.2) is 54.9 Å². The minimum atomic E-state index is -4.67. The van der Waals surface area contributed by atoms with Gasteiger partial charge >= 0.3 is 6.18 Å². The average Bonchev–Trinajstić information content (AvgIpc) is 3.11. The number of hydrogen-bond acceptors (Lipinski definition) is 6. The zero-order valence-corrected chi connectivity index (χ0v) is 17.5. The molecule has 1 aliphatic heterocycles. The number of carbonyl (C=O) groups is 2. The summed E-state index contributed by atoms with van der Waals surface area (Å²) in [5, 5.41) is 3.94. The van der Waals surface area contributed by atoms with Gasteiger partial charge in [-0.2, -0.15) is 18.3 Å². The summed E-state index contributed by atoms with van der Waals surface area (Å²) in [4.78, 5) is 35.8. The van der Waals surface area contributed by atoms with Gasteiger partial charge in [-0.1, -0.05) is 0 Å². The monoisotopic (exact) mass is 447 g/mol. The molecule has 32 heavy (non-hydrogen) atoms. The Morgan fingerprint density at radius 1 is 1.19 bits per heavy atom. The molecule has 0 aliphatic carbocycles. The fourth-order valence-corrected chi connectivity index (χ4v) is 4.03. The van der Waals surface area contributed by atoms with Crippen LogP contribution in [0.4, 0.5) is 24.7 Å². The van der Waals surface area contributed by atoms with E-state index in [4.69, 9.17) is 5.73 Å². The Morgan fingerprint density at radius 3 is 2.56 bits per heavy atom. The number of amides is 2. The van der Waals surface area contributed by atoms with E-state index in [1.165, 1.54) is 29.1 Å². The first kappa shape index (κ1) is 21.5. The summed E-state index contributed by atoms with van der Waals surface area (Å²) in [6.45, 7) is 5.24. The molecule has 1 saturated heterocycles. The van der Waals surface area contributed by atoms with Gasteiger partial charge in [0.15, 0.2) is 5.82 Å². The van der Waals surface area contributed by atoms with E-state index in [1.54, 1.807) is 19.9 Å². The zero-order chi connectivity index (χ0) is 23.4. The number of hydrogen-bond donors (Lipinski definition) is 1. The number of aromatic nitrogens is 4. The predicted molar refractivity (Wildman–Crippen MR) is 109 cm³/mol. The second-order valence-electron chi connectivity index (χ2n) is 7.96. The molecule has 9 nitrogen and oxygen atoms in total. The summed E-state index contributed by atoms with van der Waals surface area (Å²) < 4.78 is 41.9. The fourth-order valence-electron chi connectivity index (χ4n) is 4.03. The highest BCUT2D eigenvalue weighted by molar-refractivity contribution is 6.03. The van der Waals surface area contributed by atoms with E-state index in [1.807, 2.05) is 0 Å². The number of anilines is 2. The SMILES string of the molecule is CC(=O)N1CCN(c2cncc(-c3cc(C(F)(F)F)c4c(N)ncnn34)c2)C(=O)C1(C)C. The van der Waals surface area contributed by atoms with E-state index >= 15 is 0 Å². The van der Waals surface area contributed by atoms with Crippen molar-refractivity contribution < 1.29 is 22.8 Å². The van der Waals surface area contributed by atoms with Crippen molar-refractivity contribution in [1.82, 2.24) is 24.5 Å². The molecule has 1 aliphatic rings. The molecule has 0 aromatic carbocycles. The Balaban J connectivity index is 1.80. The highest BCUT2D eigenvalue weighted by atomic mass is 19.4. The highest BCUT2D eigenvalue weighted by Crippen LogP contribution is 2.39. The molecule has 4 heterocycles. The second-order valence-corrected chi connectivity index (χ2v) is 7.96. The van der Waals surface area contributed by atoms with Gasteiger partial charge in [0.2, 0.25) is 5.91 Å². The van der Waals surface area contributed by atoms with E-state index in [0.29, 0.717) is 17.8 Å². The Labute approximate surface area is 180 Å².